The molecule has 0 aromatic carbocycles. The monoisotopic (exact) mass is 238 g/mol. The van der Waals surface area contributed by atoms with Crippen LogP contribution in [0.1, 0.15) is 19.0 Å². The Hall–Kier alpha value is -1.36. The van der Waals surface area contributed by atoms with Gasteiger partial charge in [0.2, 0.25) is 5.88 Å². The molecule has 0 unspecified atom stereocenters. The van der Waals surface area contributed by atoms with Crippen LogP contribution in [-0.4, -0.2) is 28.2 Å². The highest BCUT2D eigenvalue weighted by atomic mass is 32.2. The lowest BCUT2D eigenvalue weighted by Gasteiger charge is -1.96. The number of rotatable bonds is 5. The zero-order valence-corrected chi connectivity index (χ0v) is 10.2. The molecule has 0 fully saturated rings. The van der Waals surface area contributed by atoms with E-state index in [1.165, 1.54) is 11.8 Å². The van der Waals surface area contributed by atoms with Crippen molar-refractivity contribution in [1.29, 1.82) is 0 Å². The molecule has 0 aliphatic heterocycles. The van der Waals surface area contributed by atoms with Crippen molar-refractivity contribution >= 4 is 23.0 Å². The summed E-state index contributed by atoms with van der Waals surface area (Å²) in [5.74, 6) is 1.30. The minimum atomic E-state index is 0.151. The molecule has 0 aliphatic rings. The molecule has 16 heavy (non-hydrogen) atoms. The highest BCUT2D eigenvalue weighted by Gasteiger charge is 1.94. The van der Waals surface area contributed by atoms with Crippen LogP contribution in [0.3, 0.4) is 0 Å². The number of thioether (sulfide) groups is 1. The third kappa shape index (κ3) is 4.93. The number of carbonyl (C=O) groups is 1. The number of ether oxygens (including phenoxy) is 1. The van der Waals surface area contributed by atoms with Crippen LogP contribution in [0.2, 0.25) is 0 Å². The first-order valence-corrected chi connectivity index (χ1v) is 5.88. The number of methoxy groups -OCH3 is 1. The van der Waals surface area contributed by atoms with Gasteiger partial charge in [-0.3, -0.25) is 4.79 Å². The molecule has 1 aromatic rings. The van der Waals surface area contributed by atoms with E-state index in [1.807, 2.05) is 18.2 Å². The van der Waals surface area contributed by atoms with Crippen LogP contribution in [-0.2, 0) is 4.79 Å². The lowest BCUT2D eigenvalue weighted by atomic mass is 10.3. The van der Waals surface area contributed by atoms with Crippen LogP contribution < -0.4 is 4.74 Å². The topological polar surface area (TPSA) is 52.1 Å². The van der Waals surface area contributed by atoms with E-state index in [0.717, 1.165) is 17.9 Å². The van der Waals surface area contributed by atoms with Gasteiger partial charge in [-0.15, -0.1) is 10.2 Å². The lowest BCUT2D eigenvalue weighted by Crippen LogP contribution is -1.91. The maximum atomic E-state index is 10.7. The van der Waals surface area contributed by atoms with Crippen molar-refractivity contribution in [2.75, 3.05) is 12.9 Å². The lowest BCUT2D eigenvalue weighted by molar-refractivity contribution is -0.109. The quantitative estimate of drug-likeness (QED) is 0.736. The van der Waals surface area contributed by atoms with Crippen LogP contribution in [0.4, 0.5) is 0 Å². The number of allylic oxidation sites excluding steroid dienone is 1. The summed E-state index contributed by atoms with van der Waals surface area (Å²) in [5, 5.41) is 7.94. The summed E-state index contributed by atoms with van der Waals surface area (Å²) in [7, 11) is 1.55. The van der Waals surface area contributed by atoms with Gasteiger partial charge in [0.25, 0.3) is 0 Å². The maximum Gasteiger partial charge on any atom is 0.233 e. The third-order valence-corrected chi connectivity index (χ3v) is 2.59. The number of hydrogen-bond acceptors (Lipinski definition) is 5. The molecule has 1 aromatic heterocycles. The molecule has 0 aliphatic carbocycles. The van der Waals surface area contributed by atoms with E-state index < -0.39 is 0 Å². The Morgan fingerprint density at radius 1 is 1.50 bits per heavy atom. The number of carbonyl (C=O) groups excluding carboxylic acids is 1. The highest BCUT2D eigenvalue weighted by Crippen LogP contribution is 2.07. The molecular weight excluding hydrogens is 224 g/mol. The van der Waals surface area contributed by atoms with E-state index in [-0.39, 0.29) is 5.12 Å². The van der Waals surface area contributed by atoms with Gasteiger partial charge in [-0.05, 0) is 18.6 Å². The largest absolute Gasteiger partial charge is 0.480 e. The van der Waals surface area contributed by atoms with Crippen LogP contribution in [0, 0.1) is 0 Å². The molecule has 0 N–H and O–H groups in total. The van der Waals surface area contributed by atoms with Crippen LogP contribution in [0.15, 0.2) is 18.2 Å². The highest BCUT2D eigenvalue weighted by molar-refractivity contribution is 8.13. The summed E-state index contributed by atoms with van der Waals surface area (Å²) < 4.78 is 4.90. The summed E-state index contributed by atoms with van der Waals surface area (Å²) in [6, 6.07) is 3.59. The Labute approximate surface area is 99.1 Å². The zero-order chi connectivity index (χ0) is 11.8. The minimum Gasteiger partial charge on any atom is -0.480 e. The molecule has 1 rings (SSSR count). The van der Waals surface area contributed by atoms with Crippen molar-refractivity contribution in [3.63, 3.8) is 0 Å². The predicted molar refractivity (Wildman–Crippen MR) is 65.4 cm³/mol. The van der Waals surface area contributed by atoms with Gasteiger partial charge in [0.05, 0.1) is 12.8 Å². The summed E-state index contributed by atoms with van der Waals surface area (Å²) in [5.41, 5.74) is 0.786. The van der Waals surface area contributed by atoms with Gasteiger partial charge in [-0.1, -0.05) is 17.8 Å². The standard InChI is InChI=1S/C11H14N2O2S/c1-9(14)16-8-4-3-5-10-6-7-11(15-2)13-12-10/h3,5-7H,4,8H2,1-2H3. The van der Waals surface area contributed by atoms with Crippen molar-refractivity contribution in [3.05, 3.63) is 23.9 Å². The Balaban J connectivity index is 2.35. The second kappa shape index (κ2) is 7.00. The maximum absolute atomic E-state index is 10.7. The molecule has 0 bridgehead atoms. The van der Waals surface area contributed by atoms with E-state index in [4.69, 9.17) is 4.74 Å². The Morgan fingerprint density at radius 3 is 2.88 bits per heavy atom. The van der Waals surface area contributed by atoms with Crippen molar-refractivity contribution in [2.45, 2.75) is 13.3 Å². The van der Waals surface area contributed by atoms with Gasteiger partial charge in [0.15, 0.2) is 5.12 Å². The molecule has 5 heteroatoms. The van der Waals surface area contributed by atoms with Gasteiger partial charge in [0.1, 0.15) is 0 Å². The van der Waals surface area contributed by atoms with Gasteiger partial charge in [-0.25, -0.2) is 0 Å². The van der Waals surface area contributed by atoms with Gasteiger partial charge in [0, 0.05) is 18.7 Å². The molecular formula is C11H14N2O2S. The molecule has 0 saturated carbocycles. The van der Waals surface area contributed by atoms with E-state index in [2.05, 4.69) is 10.2 Å². The first kappa shape index (κ1) is 12.7. The summed E-state index contributed by atoms with van der Waals surface area (Å²) in [6.07, 6.45) is 4.71. The number of nitrogens with zero attached hydrogens (tertiary/aromatic N) is 2. The fourth-order valence-corrected chi connectivity index (χ4v) is 1.54. The third-order valence-electron chi connectivity index (χ3n) is 1.75. The minimum absolute atomic E-state index is 0.151. The summed E-state index contributed by atoms with van der Waals surface area (Å²) >= 11 is 1.33. The van der Waals surface area contributed by atoms with Crippen molar-refractivity contribution < 1.29 is 9.53 Å². The second-order valence-corrected chi connectivity index (χ2v) is 4.30. The van der Waals surface area contributed by atoms with Gasteiger partial charge >= 0.3 is 0 Å². The average Bonchev–Trinajstić information content (AvgIpc) is 2.29. The number of aromatic nitrogens is 2. The van der Waals surface area contributed by atoms with Crippen LogP contribution >= 0.6 is 11.8 Å². The van der Waals surface area contributed by atoms with Crippen molar-refractivity contribution in [1.82, 2.24) is 10.2 Å². The molecule has 0 atom stereocenters. The zero-order valence-electron chi connectivity index (χ0n) is 9.34. The van der Waals surface area contributed by atoms with Crippen molar-refractivity contribution in [3.8, 4) is 5.88 Å². The van der Waals surface area contributed by atoms with Crippen LogP contribution in [0.5, 0.6) is 5.88 Å². The van der Waals surface area contributed by atoms with Crippen LogP contribution in [0.25, 0.3) is 6.08 Å². The molecule has 0 radical (unpaired) electrons. The van der Waals surface area contributed by atoms with Gasteiger partial charge < -0.3 is 4.74 Å². The Morgan fingerprint density at radius 2 is 2.31 bits per heavy atom. The number of hydrogen-bond donors (Lipinski definition) is 0. The Kier molecular flexibility index (Phi) is 5.56. The summed E-state index contributed by atoms with van der Waals surface area (Å²) in [6.45, 7) is 1.57. The fourth-order valence-electron chi connectivity index (χ4n) is 1.00. The van der Waals surface area contributed by atoms with E-state index in [9.17, 15) is 4.79 Å². The molecule has 0 amide bonds. The molecule has 1 heterocycles. The average molecular weight is 238 g/mol. The van der Waals surface area contributed by atoms with E-state index in [1.54, 1.807) is 20.1 Å². The smallest absolute Gasteiger partial charge is 0.233 e. The molecule has 0 spiro atoms. The molecule has 0 saturated heterocycles. The first-order chi connectivity index (χ1) is 7.72. The predicted octanol–water partition coefficient (Wildman–Crippen LogP) is 2.17. The van der Waals surface area contributed by atoms with Gasteiger partial charge in [-0.2, -0.15) is 0 Å². The normalized spacial score (nSPS) is 10.6. The fraction of sp³-hybridized carbons (Fsp3) is 0.364. The first-order valence-electron chi connectivity index (χ1n) is 4.90. The van der Waals surface area contributed by atoms with E-state index in [0.29, 0.717) is 5.88 Å². The second-order valence-electron chi connectivity index (χ2n) is 3.03. The Bertz CT molecular complexity index is 363. The van der Waals surface area contributed by atoms with E-state index >= 15 is 0 Å². The molecule has 86 valence electrons. The SMILES string of the molecule is COc1ccc(C=CCCSC(C)=O)nn1. The van der Waals surface area contributed by atoms with Crippen molar-refractivity contribution in [2.24, 2.45) is 0 Å². The molecule has 4 nitrogen and oxygen atoms in total. The summed E-state index contributed by atoms with van der Waals surface area (Å²) in [4.78, 5) is 10.7.